The van der Waals surface area contributed by atoms with Crippen LogP contribution in [-0.4, -0.2) is 35.4 Å². The Morgan fingerprint density at radius 1 is 0.789 bits per heavy atom. The first-order valence-electron chi connectivity index (χ1n) is 12.3. The van der Waals surface area contributed by atoms with Crippen molar-refractivity contribution in [2.24, 2.45) is 0 Å². The lowest BCUT2D eigenvalue weighted by atomic mass is 9.95. The minimum absolute atomic E-state index is 0.0464. The van der Waals surface area contributed by atoms with Crippen LogP contribution in [0.15, 0.2) is 115 Å². The van der Waals surface area contributed by atoms with E-state index in [1.807, 2.05) is 78.9 Å². The second kappa shape index (κ2) is 11.0. The first-order valence-corrected chi connectivity index (χ1v) is 12.3. The molecule has 38 heavy (non-hydrogen) atoms. The minimum atomic E-state index is -0.778. The normalized spacial score (nSPS) is 16.4. The summed E-state index contributed by atoms with van der Waals surface area (Å²) in [7, 11) is 1.55. The molecule has 1 heterocycles. The van der Waals surface area contributed by atoms with Gasteiger partial charge in [0, 0.05) is 12.1 Å². The smallest absolute Gasteiger partial charge is 0.295 e. The Labute approximate surface area is 221 Å². The van der Waals surface area contributed by atoms with Crippen molar-refractivity contribution in [2.45, 2.75) is 12.5 Å². The molecule has 5 rings (SSSR count). The van der Waals surface area contributed by atoms with Crippen LogP contribution in [0.3, 0.4) is 0 Å². The Kier molecular flexibility index (Phi) is 7.22. The van der Waals surface area contributed by atoms with Gasteiger partial charge in [0.05, 0.1) is 18.7 Å². The second-order valence-corrected chi connectivity index (χ2v) is 8.94. The molecule has 0 radical (unpaired) electrons. The van der Waals surface area contributed by atoms with Crippen LogP contribution < -0.4 is 9.47 Å². The Balaban J connectivity index is 1.56. The number of para-hydroxylation sites is 1. The molecule has 0 aliphatic carbocycles. The van der Waals surface area contributed by atoms with Crippen molar-refractivity contribution < 1.29 is 24.2 Å². The summed E-state index contributed by atoms with van der Waals surface area (Å²) in [5.41, 5.74) is 2.18. The van der Waals surface area contributed by atoms with Crippen LogP contribution in [0.2, 0.25) is 0 Å². The van der Waals surface area contributed by atoms with E-state index in [-0.39, 0.29) is 11.3 Å². The number of benzene rings is 4. The molecule has 0 bridgehead atoms. The van der Waals surface area contributed by atoms with E-state index < -0.39 is 17.7 Å². The van der Waals surface area contributed by atoms with Gasteiger partial charge in [-0.25, -0.2) is 0 Å². The number of aliphatic hydroxyl groups excluding tert-OH is 1. The van der Waals surface area contributed by atoms with Crippen LogP contribution in [-0.2, 0) is 16.0 Å². The summed E-state index contributed by atoms with van der Waals surface area (Å²) in [6.45, 7) is 0.308. The molecule has 1 atom stereocenters. The molecule has 1 amide bonds. The standard InChI is InChI=1S/C32H27NO5/c1-37-25-17-15-23(16-18-25)30(34)28-29(24-11-8-14-27(21-24)38-26-12-6-3-7-13-26)33(32(36)31(28)35)20-19-22-9-4-2-5-10-22/h2-18,21,29,34H,19-20H2,1H3. The Morgan fingerprint density at radius 3 is 2.13 bits per heavy atom. The molecule has 1 aliphatic heterocycles. The number of hydrogen-bond donors (Lipinski definition) is 1. The van der Waals surface area contributed by atoms with Crippen molar-refractivity contribution in [3.8, 4) is 17.2 Å². The third-order valence-corrected chi connectivity index (χ3v) is 6.54. The fraction of sp³-hybridized carbons (Fsp3) is 0.125. The van der Waals surface area contributed by atoms with E-state index in [0.29, 0.717) is 41.3 Å². The van der Waals surface area contributed by atoms with Gasteiger partial charge in [-0.05, 0) is 66.1 Å². The van der Waals surface area contributed by atoms with Crippen LogP contribution in [0.25, 0.3) is 5.76 Å². The van der Waals surface area contributed by atoms with Crippen LogP contribution in [0, 0.1) is 0 Å². The number of ether oxygens (including phenoxy) is 2. The number of amides is 1. The maximum atomic E-state index is 13.4. The average molecular weight is 506 g/mol. The Morgan fingerprint density at radius 2 is 1.45 bits per heavy atom. The fourth-order valence-corrected chi connectivity index (χ4v) is 4.63. The summed E-state index contributed by atoms with van der Waals surface area (Å²) in [6, 6.07) is 32.4. The lowest BCUT2D eigenvalue weighted by Crippen LogP contribution is -2.31. The zero-order valence-corrected chi connectivity index (χ0v) is 20.9. The molecular weight excluding hydrogens is 478 g/mol. The highest BCUT2D eigenvalue weighted by Crippen LogP contribution is 2.41. The maximum Gasteiger partial charge on any atom is 0.295 e. The van der Waals surface area contributed by atoms with Gasteiger partial charge in [0.15, 0.2) is 0 Å². The van der Waals surface area contributed by atoms with Crippen LogP contribution in [0.5, 0.6) is 17.2 Å². The van der Waals surface area contributed by atoms with E-state index in [2.05, 4.69) is 0 Å². The van der Waals surface area contributed by atoms with Crippen LogP contribution >= 0.6 is 0 Å². The SMILES string of the molecule is COc1ccc(C(O)=C2C(=O)C(=O)N(CCc3ccccc3)C2c2cccc(Oc3ccccc3)c2)cc1. The fourth-order valence-electron chi connectivity index (χ4n) is 4.63. The topological polar surface area (TPSA) is 76.1 Å². The van der Waals surface area contributed by atoms with Crippen molar-refractivity contribution in [3.63, 3.8) is 0 Å². The highest BCUT2D eigenvalue weighted by atomic mass is 16.5. The Hall–Kier alpha value is -4.84. The molecular formula is C32H27NO5. The number of hydrogen-bond acceptors (Lipinski definition) is 5. The van der Waals surface area contributed by atoms with E-state index in [1.54, 1.807) is 37.4 Å². The first-order chi connectivity index (χ1) is 18.5. The van der Waals surface area contributed by atoms with E-state index in [0.717, 1.165) is 5.56 Å². The molecule has 0 saturated carbocycles. The number of Topliss-reactive ketones (excluding diaryl/α,β-unsaturated/α-hetero) is 1. The van der Waals surface area contributed by atoms with E-state index >= 15 is 0 Å². The van der Waals surface area contributed by atoms with E-state index in [4.69, 9.17) is 9.47 Å². The van der Waals surface area contributed by atoms with Crippen molar-refractivity contribution in [1.29, 1.82) is 0 Å². The third-order valence-electron chi connectivity index (χ3n) is 6.54. The summed E-state index contributed by atoms with van der Waals surface area (Å²) in [6.07, 6.45) is 0.563. The molecule has 190 valence electrons. The average Bonchev–Trinajstić information content (AvgIpc) is 3.22. The summed E-state index contributed by atoms with van der Waals surface area (Å²) in [5, 5.41) is 11.3. The number of rotatable bonds is 8. The third kappa shape index (κ3) is 5.15. The zero-order chi connectivity index (χ0) is 26.5. The van der Waals surface area contributed by atoms with Crippen molar-refractivity contribution in [3.05, 3.63) is 131 Å². The number of aliphatic hydroxyl groups is 1. The lowest BCUT2D eigenvalue weighted by molar-refractivity contribution is -0.139. The van der Waals surface area contributed by atoms with Gasteiger partial charge in [-0.3, -0.25) is 9.59 Å². The molecule has 1 fully saturated rings. The molecule has 6 heteroatoms. The lowest BCUT2D eigenvalue weighted by Gasteiger charge is -2.26. The predicted octanol–water partition coefficient (Wildman–Crippen LogP) is 6.15. The molecule has 1 unspecified atom stereocenters. The summed E-state index contributed by atoms with van der Waals surface area (Å²) < 4.78 is 11.2. The number of carbonyl (C=O) groups is 2. The van der Waals surface area contributed by atoms with E-state index in [9.17, 15) is 14.7 Å². The highest BCUT2D eigenvalue weighted by Gasteiger charge is 2.46. The number of ketones is 1. The van der Waals surface area contributed by atoms with Gasteiger partial charge in [-0.1, -0.05) is 60.7 Å². The summed E-state index contributed by atoms with van der Waals surface area (Å²) in [5.74, 6) is 0.258. The molecule has 0 aromatic heterocycles. The van der Waals surface area contributed by atoms with Gasteiger partial charge in [0.2, 0.25) is 0 Å². The number of methoxy groups -OCH3 is 1. The highest BCUT2D eigenvalue weighted by molar-refractivity contribution is 6.46. The molecule has 1 aliphatic rings. The summed E-state index contributed by atoms with van der Waals surface area (Å²) in [4.78, 5) is 28.2. The zero-order valence-electron chi connectivity index (χ0n) is 20.9. The Bertz CT molecular complexity index is 1460. The largest absolute Gasteiger partial charge is 0.507 e. The molecule has 0 spiro atoms. The monoisotopic (exact) mass is 505 g/mol. The second-order valence-electron chi connectivity index (χ2n) is 8.94. The van der Waals surface area contributed by atoms with Gasteiger partial charge >= 0.3 is 0 Å². The van der Waals surface area contributed by atoms with Crippen molar-refractivity contribution >= 4 is 17.4 Å². The van der Waals surface area contributed by atoms with Crippen LogP contribution in [0.4, 0.5) is 0 Å². The molecule has 4 aromatic carbocycles. The van der Waals surface area contributed by atoms with Gasteiger partial charge in [0.25, 0.3) is 11.7 Å². The minimum Gasteiger partial charge on any atom is -0.507 e. The molecule has 6 nitrogen and oxygen atoms in total. The van der Waals surface area contributed by atoms with Gasteiger partial charge in [-0.2, -0.15) is 0 Å². The number of carbonyl (C=O) groups excluding carboxylic acids is 2. The van der Waals surface area contributed by atoms with Gasteiger partial charge in [-0.15, -0.1) is 0 Å². The number of likely N-dealkylation sites (tertiary alicyclic amines) is 1. The predicted molar refractivity (Wildman–Crippen MR) is 145 cm³/mol. The molecule has 1 N–H and O–H groups in total. The maximum absolute atomic E-state index is 13.4. The van der Waals surface area contributed by atoms with Crippen molar-refractivity contribution in [1.82, 2.24) is 4.90 Å². The van der Waals surface area contributed by atoms with Crippen LogP contribution in [0.1, 0.15) is 22.7 Å². The summed E-state index contributed by atoms with van der Waals surface area (Å²) >= 11 is 0. The van der Waals surface area contributed by atoms with E-state index in [1.165, 1.54) is 4.90 Å². The first kappa shape index (κ1) is 24.8. The molecule has 4 aromatic rings. The molecule has 1 saturated heterocycles. The van der Waals surface area contributed by atoms with Gasteiger partial charge < -0.3 is 19.5 Å². The van der Waals surface area contributed by atoms with Gasteiger partial charge in [0.1, 0.15) is 23.0 Å². The number of nitrogens with zero attached hydrogens (tertiary/aromatic N) is 1. The van der Waals surface area contributed by atoms with Crippen molar-refractivity contribution in [2.75, 3.05) is 13.7 Å². The quantitative estimate of drug-likeness (QED) is 0.177.